The number of likely N-dealkylation sites (tertiary alicyclic amines) is 1. The summed E-state index contributed by atoms with van der Waals surface area (Å²) in [6.07, 6.45) is 1.60. The lowest BCUT2D eigenvalue weighted by Crippen LogP contribution is -2.39. The molecule has 3 N–H and O–H groups in total. The molecule has 0 aromatic heterocycles. The van der Waals surface area contributed by atoms with Crippen molar-refractivity contribution in [1.29, 1.82) is 0 Å². The molecule has 2 aromatic carbocycles. The molecule has 0 saturated carbocycles. The van der Waals surface area contributed by atoms with Crippen LogP contribution in [-0.4, -0.2) is 34.2 Å². The van der Waals surface area contributed by atoms with Crippen molar-refractivity contribution in [3.05, 3.63) is 68.7 Å². The lowest BCUT2D eigenvalue weighted by Gasteiger charge is -2.23. The number of nitro benzene ring substituents is 1. The van der Waals surface area contributed by atoms with Gasteiger partial charge in [0, 0.05) is 24.4 Å². The van der Waals surface area contributed by atoms with Crippen LogP contribution in [-0.2, 0) is 11.3 Å². The lowest BCUT2D eigenvalue weighted by molar-refractivity contribution is -0.384. The van der Waals surface area contributed by atoms with Gasteiger partial charge in [0.05, 0.1) is 21.6 Å². The van der Waals surface area contributed by atoms with Crippen LogP contribution in [0, 0.1) is 10.1 Å². The molecule has 0 aliphatic carbocycles. The molecule has 2 amide bonds. The summed E-state index contributed by atoms with van der Waals surface area (Å²) in [5.41, 5.74) is 6.63. The summed E-state index contributed by atoms with van der Waals surface area (Å²) < 4.78 is 0. The monoisotopic (exact) mass is 402 g/mol. The number of nitro groups is 1. The van der Waals surface area contributed by atoms with E-state index in [0.717, 1.165) is 24.6 Å². The number of amides is 2. The van der Waals surface area contributed by atoms with Gasteiger partial charge in [-0.05, 0) is 37.1 Å². The Morgan fingerprint density at radius 2 is 2.04 bits per heavy atom. The van der Waals surface area contributed by atoms with Crippen LogP contribution in [0.2, 0.25) is 5.02 Å². The van der Waals surface area contributed by atoms with E-state index in [-0.39, 0.29) is 28.2 Å². The Bertz CT molecular complexity index is 934. The van der Waals surface area contributed by atoms with Crippen LogP contribution in [0.1, 0.15) is 28.8 Å². The number of rotatable bonds is 6. The number of halogens is 1. The van der Waals surface area contributed by atoms with E-state index >= 15 is 0 Å². The largest absolute Gasteiger partial charge is 0.368 e. The third-order valence-electron chi connectivity index (χ3n) is 4.74. The molecule has 9 heteroatoms. The Balaban J connectivity index is 1.82. The number of carbonyl (C=O) groups is 2. The van der Waals surface area contributed by atoms with E-state index in [2.05, 4.69) is 5.32 Å². The Hall–Kier alpha value is -2.97. The average molecular weight is 403 g/mol. The highest BCUT2D eigenvalue weighted by Crippen LogP contribution is 2.26. The van der Waals surface area contributed by atoms with Gasteiger partial charge in [0.2, 0.25) is 5.91 Å². The minimum atomic E-state index is -0.585. The molecule has 1 atom stereocenters. The Morgan fingerprint density at radius 1 is 1.29 bits per heavy atom. The molecule has 1 heterocycles. The first-order valence-electron chi connectivity index (χ1n) is 8.73. The summed E-state index contributed by atoms with van der Waals surface area (Å²) in [7, 11) is 0. The molecule has 8 nitrogen and oxygen atoms in total. The molecule has 0 radical (unpaired) electrons. The number of nitrogens with two attached hydrogens (primary N) is 1. The fourth-order valence-electron chi connectivity index (χ4n) is 3.33. The number of para-hydroxylation sites is 1. The number of primary amides is 1. The van der Waals surface area contributed by atoms with Gasteiger partial charge in [0.25, 0.3) is 11.6 Å². The zero-order valence-electron chi connectivity index (χ0n) is 14.9. The third kappa shape index (κ3) is 4.29. The van der Waals surface area contributed by atoms with E-state index in [9.17, 15) is 19.7 Å². The molecule has 0 bridgehead atoms. The smallest absolute Gasteiger partial charge is 0.270 e. The van der Waals surface area contributed by atoms with Crippen molar-refractivity contribution in [2.24, 2.45) is 5.73 Å². The van der Waals surface area contributed by atoms with E-state index in [4.69, 9.17) is 17.3 Å². The number of nitrogens with zero attached hydrogens (tertiary/aromatic N) is 2. The zero-order chi connectivity index (χ0) is 20.3. The third-order valence-corrected chi connectivity index (χ3v) is 5.07. The Morgan fingerprint density at radius 3 is 2.75 bits per heavy atom. The Kier molecular flexibility index (Phi) is 5.91. The molecule has 1 aliphatic rings. The van der Waals surface area contributed by atoms with Gasteiger partial charge in [-0.3, -0.25) is 24.6 Å². The van der Waals surface area contributed by atoms with Crippen molar-refractivity contribution in [1.82, 2.24) is 4.90 Å². The number of hydrogen-bond donors (Lipinski definition) is 2. The summed E-state index contributed by atoms with van der Waals surface area (Å²) in [5.74, 6) is -0.906. The molecule has 0 spiro atoms. The summed E-state index contributed by atoms with van der Waals surface area (Å²) in [5, 5.41) is 13.8. The topological polar surface area (TPSA) is 119 Å². The van der Waals surface area contributed by atoms with Gasteiger partial charge in [-0.15, -0.1) is 0 Å². The SMILES string of the molecule is NC(=O)C1CCCN1Cc1ccccc1NC(=O)c1cc([N+](=O)[O-])ccc1Cl. The van der Waals surface area contributed by atoms with Crippen molar-refractivity contribution >= 4 is 34.8 Å². The minimum absolute atomic E-state index is 0.0156. The maximum absolute atomic E-state index is 12.7. The predicted molar refractivity (Wildman–Crippen MR) is 105 cm³/mol. The lowest BCUT2D eigenvalue weighted by atomic mass is 10.1. The molecule has 1 unspecified atom stereocenters. The number of non-ortho nitro benzene ring substituents is 1. The van der Waals surface area contributed by atoms with Gasteiger partial charge < -0.3 is 11.1 Å². The number of hydrogen-bond acceptors (Lipinski definition) is 5. The van der Waals surface area contributed by atoms with E-state index in [1.807, 2.05) is 17.0 Å². The summed E-state index contributed by atoms with van der Waals surface area (Å²) in [4.78, 5) is 36.6. The fourth-order valence-corrected chi connectivity index (χ4v) is 3.53. The number of benzene rings is 2. The van der Waals surface area contributed by atoms with E-state index < -0.39 is 10.8 Å². The molecule has 2 aromatic rings. The van der Waals surface area contributed by atoms with Crippen molar-refractivity contribution in [3.63, 3.8) is 0 Å². The van der Waals surface area contributed by atoms with Crippen molar-refractivity contribution in [2.75, 3.05) is 11.9 Å². The van der Waals surface area contributed by atoms with E-state index in [0.29, 0.717) is 18.7 Å². The molecule has 1 saturated heterocycles. The normalized spacial score (nSPS) is 16.7. The van der Waals surface area contributed by atoms with Crippen LogP contribution < -0.4 is 11.1 Å². The number of anilines is 1. The van der Waals surface area contributed by atoms with Gasteiger partial charge in [-0.1, -0.05) is 29.8 Å². The summed E-state index contributed by atoms with van der Waals surface area (Å²) in [6, 6.07) is 10.6. The van der Waals surface area contributed by atoms with Crippen LogP contribution in [0.5, 0.6) is 0 Å². The highest BCUT2D eigenvalue weighted by molar-refractivity contribution is 6.34. The van der Waals surface area contributed by atoms with Crippen LogP contribution in [0.4, 0.5) is 11.4 Å². The average Bonchev–Trinajstić information content (AvgIpc) is 3.12. The van der Waals surface area contributed by atoms with Gasteiger partial charge in [-0.2, -0.15) is 0 Å². The first-order chi connectivity index (χ1) is 13.4. The summed E-state index contributed by atoms with van der Waals surface area (Å²) >= 11 is 6.05. The maximum atomic E-state index is 12.7. The Labute approximate surface area is 166 Å². The fraction of sp³-hybridized carbons (Fsp3) is 0.263. The van der Waals surface area contributed by atoms with Crippen molar-refractivity contribution < 1.29 is 14.5 Å². The highest BCUT2D eigenvalue weighted by atomic mass is 35.5. The van der Waals surface area contributed by atoms with Crippen molar-refractivity contribution in [3.8, 4) is 0 Å². The van der Waals surface area contributed by atoms with Gasteiger partial charge >= 0.3 is 0 Å². The molecule has 28 heavy (non-hydrogen) atoms. The maximum Gasteiger partial charge on any atom is 0.270 e. The van der Waals surface area contributed by atoms with E-state index in [1.54, 1.807) is 12.1 Å². The van der Waals surface area contributed by atoms with Gasteiger partial charge in [0.15, 0.2) is 0 Å². The molecule has 146 valence electrons. The number of nitrogens with one attached hydrogen (secondary N) is 1. The summed E-state index contributed by atoms with van der Waals surface area (Å²) in [6.45, 7) is 1.19. The second kappa shape index (κ2) is 8.37. The van der Waals surface area contributed by atoms with Crippen LogP contribution in [0.25, 0.3) is 0 Å². The highest BCUT2D eigenvalue weighted by Gasteiger charge is 2.29. The van der Waals surface area contributed by atoms with E-state index in [1.165, 1.54) is 12.1 Å². The second-order valence-electron chi connectivity index (χ2n) is 6.56. The molecular weight excluding hydrogens is 384 g/mol. The molecule has 1 aliphatic heterocycles. The molecular formula is C19H19ClN4O4. The minimum Gasteiger partial charge on any atom is -0.368 e. The van der Waals surface area contributed by atoms with Crippen LogP contribution in [0.3, 0.4) is 0 Å². The first-order valence-corrected chi connectivity index (χ1v) is 9.11. The quantitative estimate of drug-likeness (QED) is 0.568. The second-order valence-corrected chi connectivity index (χ2v) is 6.97. The number of carbonyl (C=O) groups excluding carboxylic acids is 2. The zero-order valence-corrected chi connectivity index (χ0v) is 15.7. The van der Waals surface area contributed by atoms with Crippen LogP contribution in [0.15, 0.2) is 42.5 Å². The van der Waals surface area contributed by atoms with Gasteiger partial charge in [-0.25, -0.2) is 0 Å². The predicted octanol–water partition coefficient (Wildman–Crippen LogP) is 2.95. The van der Waals surface area contributed by atoms with Crippen LogP contribution >= 0.6 is 11.6 Å². The van der Waals surface area contributed by atoms with Crippen molar-refractivity contribution in [2.45, 2.75) is 25.4 Å². The van der Waals surface area contributed by atoms with Gasteiger partial charge in [0.1, 0.15) is 0 Å². The molecule has 1 fully saturated rings. The molecule has 3 rings (SSSR count). The first kappa shape index (κ1) is 19.8. The standard InChI is InChI=1S/C19H19ClN4O4/c20-15-8-7-13(24(27)28)10-14(15)19(26)22-16-5-2-1-4-12(16)11-23-9-3-6-17(23)18(21)25/h1-2,4-5,7-8,10,17H,3,6,9,11H2,(H2,21,25)(H,22,26).